The van der Waals surface area contributed by atoms with Crippen molar-refractivity contribution in [3.8, 4) is 0 Å². The van der Waals surface area contributed by atoms with E-state index < -0.39 is 11.9 Å². The van der Waals surface area contributed by atoms with Crippen LogP contribution >= 0.6 is 0 Å². The molecule has 0 aliphatic carbocycles. The van der Waals surface area contributed by atoms with Gasteiger partial charge < -0.3 is 20.2 Å². The Kier molecular flexibility index (Phi) is 18.4. The van der Waals surface area contributed by atoms with Crippen molar-refractivity contribution in [3.05, 3.63) is 0 Å². The summed E-state index contributed by atoms with van der Waals surface area (Å²) in [6.07, 6.45) is 15.1. The maximum atomic E-state index is 12.5. The van der Waals surface area contributed by atoms with Gasteiger partial charge in [-0.2, -0.15) is 0 Å². The van der Waals surface area contributed by atoms with Crippen LogP contribution in [0.25, 0.3) is 0 Å². The van der Waals surface area contributed by atoms with E-state index in [1.54, 1.807) is 0 Å². The molecule has 0 aromatic carbocycles. The van der Waals surface area contributed by atoms with Crippen molar-refractivity contribution in [3.63, 3.8) is 0 Å². The van der Waals surface area contributed by atoms with Crippen LogP contribution in [0, 0.1) is 5.92 Å². The first kappa shape index (κ1) is 26.9. The highest BCUT2D eigenvalue weighted by Gasteiger charge is 2.25. The zero-order chi connectivity index (χ0) is 21.0. The molecule has 6 heteroatoms. The molecule has 0 saturated heterocycles. The Balaban J connectivity index is 3.97. The first-order chi connectivity index (χ1) is 13.6. The van der Waals surface area contributed by atoms with E-state index in [4.69, 9.17) is 15.3 Å². The van der Waals surface area contributed by atoms with E-state index in [-0.39, 0.29) is 38.6 Å². The minimum absolute atomic E-state index is 0.133. The fraction of sp³-hybridized carbons (Fsp3) is 0.909. The van der Waals surface area contributed by atoms with Crippen molar-refractivity contribution in [2.75, 3.05) is 26.3 Å². The number of hydrogen-bond acceptors (Lipinski definition) is 4. The van der Waals surface area contributed by atoms with E-state index in [1.807, 2.05) is 0 Å². The maximum absolute atomic E-state index is 12.5. The van der Waals surface area contributed by atoms with Crippen molar-refractivity contribution in [1.82, 2.24) is 4.90 Å². The number of amides is 1. The highest BCUT2D eigenvalue weighted by atomic mass is 16.4. The van der Waals surface area contributed by atoms with Gasteiger partial charge in [0, 0.05) is 19.0 Å². The summed E-state index contributed by atoms with van der Waals surface area (Å²) in [5, 5.41) is 27.2. The molecule has 0 fully saturated rings. The summed E-state index contributed by atoms with van der Waals surface area (Å²) in [6, 6.07) is 0. The average Bonchev–Trinajstić information content (AvgIpc) is 2.67. The Morgan fingerprint density at radius 1 is 0.750 bits per heavy atom. The summed E-state index contributed by atoms with van der Waals surface area (Å²) in [7, 11) is 0. The van der Waals surface area contributed by atoms with Gasteiger partial charge in [0.05, 0.1) is 19.6 Å². The van der Waals surface area contributed by atoms with Gasteiger partial charge in [0.15, 0.2) is 0 Å². The zero-order valence-electron chi connectivity index (χ0n) is 17.9. The molecule has 3 N–H and O–H groups in total. The fourth-order valence-corrected chi connectivity index (χ4v) is 3.59. The number of nitrogens with zero attached hydrogens (tertiary/aromatic N) is 1. The highest BCUT2D eigenvalue weighted by molar-refractivity contribution is 5.83. The predicted octanol–water partition coefficient (Wildman–Crippen LogP) is 3.98. The molecular weight excluding hydrogens is 358 g/mol. The molecule has 0 radical (unpaired) electrons. The van der Waals surface area contributed by atoms with Crippen LogP contribution in [0.15, 0.2) is 0 Å². The molecule has 0 aliphatic rings. The summed E-state index contributed by atoms with van der Waals surface area (Å²) in [6.45, 7) is 2.12. The second-order valence-corrected chi connectivity index (χ2v) is 7.75. The van der Waals surface area contributed by atoms with Crippen molar-refractivity contribution >= 4 is 11.9 Å². The molecule has 0 aliphatic heterocycles. The largest absolute Gasteiger partial charge is 0.481 e. The number of rotatable bonds is 20. The first-order valence-electron chi connectivity index (χ1n) is 11.3. The maximum Gasteiger partial charge on any atom is 0.304 e. The molecule has 0 saturated carbocycles. The van der Waals surface area contributed by atoms with Crippen molar-refractivity contribution in [1.29, 1.82) is 0 Å². The van der Waals surface area contributed by atoms with Crippen LogP contribution in [0.4, 0.5) is 0 Å². The third kappa shape index (κ3) is 14.9. The van der Waals surface area contributed by atoms with Gasteiger partial charge in [0.2, 0.25) is 5.91 Å². The monoisotopic (exact) mass is 401 g/mol. The lowest BCUT2D eigenvalue weighted by Crippen LogP contribution is -2.40. The molecule has 28 heavy (non-hydrogen) atoms. The lowest BCUT2D eigenvalue weighted by atomic mass is 9.95. The van der Waals surface area contributed by atoms with Gasteiger partial charge >= 0.3 is 5.97 Å². The molecule has 1 amide bonds. The van der Waals surface area contributed by atoms with Gasteiger partial charge in [-0.25, -0.2) is 0 Å². The molecule has 0 heterocycles. The number of carboxylic acid groups (broad SMARTS) is 1. The molecule has 0 aromatic heterocycles. The van der Waals surface area contributed by atoms with Crippen LogP contribution in [0.5, 0.6) is 0 Å². The minimum atomic E-state index is -0.981. The van der Waals surface area contributed by atoms with E-state index in [9.17, 15) is 9.59 Å². The summed E-state index contributed by atoms with van der Waals surface area (Å²) in [5.74, 6) is -1.82. The van der Waals surface area contributed by atoms with Crippen LogP contribution in [-0.4, -0.2) is 58.4 Å². The van der Waals surface area contributed by atoms with Gasteiger partial charge in [-0.3, -0.25) is 9.59 Å². The predicted molar refractivity (Wildman–Crippen MR) is 112 cm³/mol. The molecule has 1 unspecified atom stereocenters. The third-order valence-electron chi connectivity index (χ3n) is 5.23. The quantitative estimate of drug-likeness (QED) is 0.268. The Hall–Kier alpha value is -1.14. The zero-order valence-corrected chi connectivity index (χ0v) is 17.9. The standard InChI is InChI=1S/C22H43NO5/c1-2-3-4-5-6-7-8-9-10-11-12-13-14-20(19-21(26)27)22(28)23(15-17-24)16-18-25/h20,24-25H,2-19H2,1H3,(H,26,27). The van der Waals surface area contributed by atoms with E-state index in [0.717, 1.165) is 19.3 Å². The molecule has 6 nitrogen and oxygen atoms in total. The van der Waals surface area contributed by atoms with Crippen LogP contribution in [0.2, 0.25) is 0 Å². The van der Waals surface area contributed by atoms with E-state index in [0.29, 0.717) is 6.42 Å². The van der Waals surface area contributed by atoms with Crippen LogP contribution in [0.1, 0.15) is 96.8 Å². The van der Waals surface area contributed by atoms with Crippen LogP contribution in [-0.2, 0) is 9.59 Å². The summed E-state index contributed by atoms with van der Waals surface area (Å²) < 4.78 is 0. The molecule has 0 bridgehead atoms. The molecule has 1 atom stereocenters. The first-order valence-corrected chi connectivity index (χ1v) is 11.3. The number of unbranched alkanes of at least 4 members (excludes halogenated alkanes) is 11. The lowest BCUT2D eigenvalue weighted by Gasteiger charge is -2.25. The minimum Gasteiger partial charge on any atom is -0.481 e. The Bertz CT molecular complexity index is 383. The van der Waals surface area contributed by atoms with Crippen molar-refractivity contribution < 1.29 is 24.9 Å². The Morgan fingerprint density at radius 2 is 1.18 bits per heavy atom. The number of aliphatic hydroxyl groups excluding tert-OH is 2. The highest BCUT2D eigenvalue weighted by Crippen LogP contribution is 2.19. The van der Waals surface area contributed by atoms with Crippen molar-refractivity contribution in [2.24, 2.45) is 5.92 Å². The van der Waals surface area contributed by atoms with Crippen LogP contribution in [0.3, 0.4) is 0 Å². The third-order valence-corrected chi connectivity index (χ3v) is 5.23. The average molecular weight is 402 g/mol. The number of carboxylic acids is 1. The van der Waals surface area contributed by atoms with Gasteiger partial charge in [-0.1, -0.05) is 84.0 Å². The Morgan fingerprint density at radius 3 is 1.57 bits per heavy atom. The van der Waals surface area contributed by atoms with E-state index in [1.165, 1.54) is 62.7 Å². The number of aliphatic hydroxyl groups is 2. The van der Waals surface area contributed by atoms with E-state index in [2.05, 4.69) is 6.92 Å². The number of hydrogen-bond donors (Lipinski definition) is 3. The van der Waals surface area contributed by atoms with Crippen LogP contribution < -0.4 is 0 Å². The summed E-state index contributed by atoms with van der Waals surface area (Å²) in [4.78, 5) is 25.0. The molecule has 166 valence electrons. The molecule has 0 aromatic rings. The number of aliphatic carboxylic acids is 1. The molecule has 0 rings (SSSR count). The summed E-state index contributed by atoms with van der Waals surface area (Å²) in [5.41, 5.74) is 0. The number of carbonyl (C=O) groups is 2. The van der Waals surface area contributed by atoms with Crippen molar-refractivity contribution in [2.45, 2.75) is 96.8 Å². The second kappa shape index (κ2) is 19.2. The van der Waals surface area contributed by atoms with Gasteiger partial charge in [-0.05, 0) is 6.42 Å². The summed E-state index contributed by atoms with van der Waals surface area (Å²) >= 11 is 0. The number of carbonyl (C=O) groups excluding carboxylic acids is 1. The Labute approximate surface area is 171 Å². The smallest absolute Gasteiger partial charge is 0.304 e. The molecular formula is C22H43NO5. The second-order valence-electron chi connectivity index (χ2n) is 7.75. The SMILES string of the molecule is CCCCCCCCCCCCCCC(CC(=O)O)C(=O)N(CCO)CCO. The molecule has 0 spiro atoms. The fourth-order valence-electron chi connectivity index (χ4n) is 3.59. The lowest BCUT2D eigenvalue weighted by molar-refractivity contribution is -0.145. The topological polar surface area (TPSA) is 98.1 Å². The van der Waals surface area contributed by atoms with Gasteiger partial charge in [-0.15, -0.1) is 0 Å². The van der Waals surface area contributed by atoms with E-state index >= 15 is 0 Å². The normalized spacial score (nSPS) is 12.1. The van der Waals surface area contributed by atoms with Gasteiger partial charge in [0.1, 0.15) is 0 Å². The van der Waals surface area contributed by atoms with Gasteiger partial charge in [0.25, 0.3) is 0 Å².